The van der Waals surface area contributed by atoms with Gasteiger partial charge in [-0.15, -0.1) is 0 Å². The van der Waals surface area contributed by atoms with Crippen molar-refractivity contribution in [2.45, 2.75) is 9.92 Å². The number of hydrogen-bond donors (Lipinski definition) is 1. The van der Waals surface area contributed by atoms with E-state index in [-0.39, 0.29) is 0 Å². The van der Waals surface area contributed by atoms with Crippen LogP contribution in [0.4, 0.5) is 14.6 Å². The van der Waals surface area contributed by atoms with Gasteiger partial charge in [-0.3, -0.25) is 0 Å². The third-order valence-corrected chi connectivity index (χ3v) is 4.11. The minimum Gasteiger partial charge on any atom is -0.372 e. The maximum atomic E-state index is 13.1. The number of rotatable bonds is 3. The lowest BCUT2D eigenvalue weighted by Crippen LogP contribution is -1.96. The molecule has 3 nitrogen and oxygen atoms in total. The van der Waals surface area contributed by atoms with Crippen LogP contribution in [0.1, 0.15) is 0 Å². The Hall–Kier alpha value is -1.21. The van der Waals surface area contributed by atoms with Crippen molar-refractivity contribution in [3.05, 3.63) is 40.6 Å². The largest absolute Gasteiger partial charge is 0.372 e. The molecule has 1 heterocycles. The van der Waals surface area contributed by atoms with E-state index in [4.69, 9.17) is 0 Å². The molecule has 0 bridgehead atoms. The monoisotopic (exact) mass is 331 g/mol. The second-order valence-electron chi connectivity index (χ2n) is 3.27. The molecule has 0 amide bonds. The quantitative estimate of drug-likeness (QED) is 0.870. The van der Waals surface area contributed by atoms with Crippen molar-refractivity contribution in [1.29, 1.82) is 0 Å². The Labute approximate surface area is 115 Å². The van der Waals surface area contributed by atoms with Crippen molar-refractivity contribution in [1.82, 2.24) is 9.97 Å². The highest BCUT2D eigenvalue weighted by atomic mass is 79.9. The Morgan fingerprint density at radius 1 is 1.22 bits per heavy atom. The number of anilines is 1. The molecule has 0 aliphatic carbocycles. The fourth-order valence-corrected chi connectivity index (χ4v) is 2.70. The normalized spacial score (nSPS) is 10.4. The number of hydrogen-bond acceptors (Lipinski definition) is 4. The van der Waals surface area contributed by atoms with Gasteiger partial charge in [-0.05, 0) is 34.1 Å². The van der Waals surface area contributed by atoms with Gasteiger partial charge in [0.25, 0.3) is 0 Å². The van der Waals surface area contributed by atoms with Crippen LogP contribution in [0, 0.1) is 11.6 Å². The van der Waals surface area contributed by atoms with Crippen LogP contribution in [0.2, 0.25) is 0 Å². The van der Waals surface area contributed by atoms with Crippen LogP contribution < -0.4 is 5.32 Å². The highest BCUT2D eigenvalue weighted by molar-refractivity contribution is 9.10. The van der Waals surface area contributed by atoms with Crippen molar-refractivity contribution >= 4 is 33.5 Å². The van der Waals surface area contributed by atoms with Crippen molar-refractivity contribution < 1.29 is 8.78 Å². The van der Waals surface area contributed by atoms with Crippen molar-refractivity contribution in [3.63, 3.8) is 0 Å². The van der Waals surface area contributed by atoms with E-state index < -0.39 is 11.6 Å². The van der Waals surface area contributed by atoms with E-state index in [1.807, 2.05) is 0 Å². The van der Waals surface area contributed by atoms with E-state index in [9.17, 15) is 8.78 Å². The molecule has 0 unspecified atom stereocenters. The summed E-state index contributed by atoms with van der Waals surface area (Å²) in [6.45, 7) is 0. The zero-order valence-electron chi connectivity index (χ0n) is 9.25. The van der Waals surface area contributed by atoms with Gasteiger partial charge in [-0.2, -0.15) is 0 Å². The minimum absolute atomic E-state index is 0.565. The van der Waals surface area contributed by atoms with Gasteiger partial charge in [0.1, 0.15) is 17.2 Å². The first kappa shape index (κ1) is 13.2. The van der Waals surface area contributed by atoms with E-state index in [0.29, 0.717) is 20.2 Å². The highest BCUT2D eigenvalue weighted by Crippen LogP contribution is 2.34. The lowest BCUT2D eigenvalue weighted by molar-refractivity contribution is 0.506. The Morgan fingerprint density at radius 3 is 2.67 bits per heavy atom. The highest BCUT2D eigenvalue weighted by Gasteiger charge is 2.10. The maximum absolute atomic E-state index is 13.1. The van der Waals surface area contributed by atoms with Gasteiger partial charge in [0.2, 0.25) is 0 Å². The zero-order valence-corrected chi connectivity index (χ0v) is 11.6. The number of nitrogens with zero attached hydrogens (tertiary/aromatic N) is 2. The lowest BCUT2D eigenvalue weighted by Gasteiger charge is -2.07. The third kappa shape index (κ3) is 2.78. The lowest BCUT2D eigenvalue weighted by atomic mass is 10.3. The van der Waals surface area contributed by atoms with E-state index in [0.717, 1.165) is 12.1 Å². The third-order valence-electron chi connectivity index (χ3n) is 2.10. The molecular weight excluding hydrogens is 324 g/mol. The summed E-state index contributed by atoms with van der Waals surface area (Å²) < 4.78 is 26.6. The van der Waals surface area contributed by atoms with Crippen LogP contribution in [0.3, 0.4) is 0 Å². The Morgan fingerprint density at radius 2 is 2.00 bits per heavy atom. The summed E-state index contributed by atoms with van der Waals surface area (Å²) in [7, 11) is 1.74. The average Bonchev–Trinajstić information content (AvgIpc) is 2.36. The average molecular weight is 332 g/mol. The minimum atomic E-state index is -0.876. The zero-order chi connectivity index (χ0) is 13.1. The molecule has 0 aliphatic rings. The first-order valence-corrected chi connectivity index (χ1v) is 6.54. The molecule has 0 fully saturated rings. The second kappa shape index (κ2) is 5.62. The van der Waals surface area contributed by atoms with E-state index in [2.05, 4.69) is 31.2 Å². The molecule has 1 N–H and O–H groups in total. The molecule has 2 rings (SSSR count). The van der Waals surface area contributed by atoms with E-state index in [1.165, 1.54) is 24.2 Å². The molecule has 18 heavy (non-hydrogen) atoms. The molecule has 1 aromatic heterocycles. The molecule has 7 heteroatoms. The number of benzene rings is 1. The summed E-state index contributed by atoms with van der Waals surface area (Å²) in [5.74, 6) is -1.11. The fraction of sp³-hybridized carbons (Fsp3) is 0.0909. The first-order valence-electron chi connectivity index (χ1n) is 4.93. The molecule has 0 atom stereocenters. The maximum Gasteiger partial charge on any atom is 0.159 e. The predicted molar refractivity (Wildman–Crippen MR) is 69.8 cm³/mol. The van der Waals surface area contributed by atoms with Gasteiger partial charge in [-0.25, -0.2) is 18.7 Å². The van der Waals surface area contributed by atoms with Gasteiger partial charge in [0.05, 0.1) is 4.47 Å². The van der Waals surface area contributed by atoms with Gasteiger partial charge in [-0.1, -0.05) is 11.8 Å². The van der Waals surface area contributed by atoms with E-state index >= 15 is 0 Å². The molecule has 0 saturated heterocycles. The first-order chi connectivity index (χ1) is 8.61. The van der Waals surface area contributed by atoms with Gasteiger partial charge in [0.15, 0.2) is 11.6 Å². The Bertz CT molecular complexity index is 580. The molecule has 0 saturated carbocycles. The van der Waals surface area contributed by atoms with Gasteiger partial charge in [0, 0.05) is 11.9 Å². The predicted octanol–water partition coefficient (Wildman–Crippen LogP) is 3.71. The summed E-state index contributed by atoms with van der Waals surface area (Å²) in [6.07, 6.45) is 1.40. The number of nitrogens with one attached hydrogen (secondary N) is 1. The molecule has 0 spiro atoms. The molecule has 2 aromatic rings. The van der Waals surface area contributed by atoms with Crippen LogP contribution in [-0.2, 0) is 0 Å². The number of aromatic nitrogens is 2. The van der Waals surface area contributed by atoms with Crippen LogP contribution in [-0.4, -0.2) is 17.0 Å². The fourth-order valence-electron chi connectivity index (χ4n) is 1.25. The molecule has 1 aromatic carbocycles. The van der Waals surface area contributed by atoms with Crippen molar-refractivity contribution in [2.75, 3.05) is 12.4 Å². The van der Waals surface area contributed by atoms with Crippen LogP contribution in [0.15, 0.2) is 38.9 Å². The SMILES string of the molecule is CNc1ncnc(Sc2ccc(F)c(F)c2)c1Br. The molecule has 0 radical (unpaired) electrons. The topological polar surface area (TPSA) is 37.8 Å². The van der Waals surface area contributed by atoms with Crippen LogP contribution in [0.25, 0.3) is 0 Å². The summed E-state index contributed by atoms with van der Waals surface area (Å²) in [5.41, 5.74) is 0. The van der Waals surface area contributed by atoms with E-state index in [1.54, 1.807) is 7.05 Å². The number of halogens is 3. The Balaban J connectivity index is 2.31. The van der Waals surface area contributed by atoms with Crippen LogP contribution >= 0.6 is 27.7 Å². The summed E-state index contributed by atoms with van der Waals surface area (Å²) >= 11 is 4.58. The van der Waals surface area contributed by atoms with Crippen molar-refractivity contribution in [3.8, 4) is 0 Å². The molecule has 0 aliphatic heterocycles. The Kier molecular flexibility index (Phi) is 4.13. The van der Waals surface area contributed by atoms with Crippen LogP contribution in [0.5, 0.6) is 0 Å². The van der Waals surface area contributed by atoms with Gasteiger partial charge >= 0.3 is 0 Å². The summed E-state index contributed by atoms with van der Waals surface area (Å²) in [6, 6.07) is 3.72. The summed E-state index contributed by atoms with van der Waals surface area (Å²) in [4.78, 5) is 8.66. The second-order valence-corrected chi connectivity index (χ2v) is 5.12. The smallest absolute Gasteiger partial charge is 0.159 e. The molecular formula is C11H8BrF2N3S. The summed E-state index contributed by atoms with van der Waals surface area (Å²) in [5, 5.41) is 3.52. The standard InChI is InChI=1S/C11H8BrF2N3S/c1-15-10-9(12)11(17-5-16-10)18-6-2-3-7(13)8(14)4-6/h2-5H,1H3,(H,15,16,17). The molecule has 94 valence electrons. The van der Waals surface area contributed by atoms with Gasteiger partial charge < -0.3 is 5.32 Å². The van der Waals surface area contributed by atoms with Crippen molar-refractivity contribution in [2.24, 2.45) is 0 Å².